The molecule has 19 heavy (non-hydrogen) atoms. The fourth-order valence-corrected chi connectivity index (χ4v) is 3.72. The Labute approximate surface area is 113 Å². The van der Waals surface area contributed by atoms with Crippen molar-refractivity contribution in [1.82, 2.24) is 0 Å². The Kier molecular flexibility index (Phi) is 2.87. The molecule has 0 amide bonds. The van der Waals surface area contributed by atoms with Crippen molar-refractivity contribution in [2.75, 3.05) is 6.61 Å². The van der Waals surface area contributed by atoms with E-state index in [0.29, 0.717) is 5.92 Å². The number of benzene rings is 1. The average molecular weight is 260 g/mol. The second-order valence-electron chi connectivity index (χ2n) is 6.02. The van der Waals surface area contributed by atoms with Crippen molar-refractivity contribution in [3.05, 3.63) is 35.9 Å². The third-order valence-electron chi connectivity index (χ3n) is 4.76. The predicted octanol–water partition coefficient (Wildman–Crippen LogP) is 3.41. The number of ether oxygens (including phenoxy) is 3. The highest BCUT2D eigenvalue weighted by molar-refractivity contribution is 5.17. The van der Waals surface area contributed by atoms with Crippen molar-refractivity contribution in [3.8, 4) is 0 Å². The summed E-state index contributed by atoms with van der Waals surface area (Å²) >= 11 is 0. The van der Waals surface area contributed by atoms with Gasteiger partial charge in [0.2, 0.25) is 0 Å². The molecular weight excluding hydrogens is 240 g/mol. The van der Waals surface area contributed by atoms with E-state index in [1.807, 2.05) is 18.2 Å². The summed E-state index contributed by atoms with van der Waals surface area (Å²) in [7, 11) is 0. The molecule has 1 saturated carbocycles. The zero-order chi connectivity index (χ0) is 12.7. The largest absolute Gasteiger partial charge is 0.375 e. The Morgan fingerprint density at radius 3 is 2.63 bits per heavy atom. The molecule has 3 heteroatoms. The van der Waals surface area contributed by atoms with Crippen LogP contribution in [0.1, 0.15) is 44.0 Å². The maximum absolute atomic E-state index is 5.95. The molecule has 2 heterocycles. The molecule has 1 aromatic carbocycles. The van der Waals surface area contributed by atoms with Gasteiger partial charge in [0.05, 0.1) is 5.60 Å². The molecule has 102 valence electrons. The van der Waals surface area contributed by atoms with E-state index in [1.54, 1.807) is 0 Å². The van der Waals surface area contributed by atoms with E-state index in [9.17, 15) is 0 Å². The normalized spacial score (nSPS) is 41.6. The van der Waals surface area contributed by atoms with Crippen molar-refractivity contribution >= 4 is 0 Å². The van der Waals surface area contributed by atoms with Crippen molar-refractivity contribution in [3.63, 3.8) is 0 Å². The Morgan fingerprint density at radius 1 is 1.05 bits per heavy atom. The minimum atomic E-state index is -0.160. The van der Waals surface area contributed by atoms with Gasteiger partial charge in [-0.15, -0.1) is 0 Å². The van der Waals surface area contributed by atoms with Gasteiger partial charge in [0.25, 0.3) is 0 Å². The highest BCUT2D eigenvalue weighted by Gasteiger charge is 2.48. The first kappa shape index (κ1) is 11.9. The summed E-state index contributed by atoms with van der Waals surface area (Å²) in [5.74, 6) is 0.512. The number of hydrogen-bond acceptors (Lipinski definition) is 3. The van der Waals surface area contributed by atoms with Crippen molar-refractivity contribution in [1.29, 1.82) is 0 Å². The van der Waals surface area contributed by atoms with Crippen molar-refractivity contribution < 1.29 is 14.2 Å². The molecule has 4 rings (SSSR count). The summed E-state index contributed by atoms with van der Waals surface area (Å²) < 4.78 is 17.8. The molecule has 1 spiro atoms. The van der Waals surface area contributed by atoms with Crippen LogP contribution in [0.4, 0.5) is 0 Å². The Morgan fingerprint density at radius 2 is 1.89 bits per heavy atom. The lowest BCUT2D eigenvalue weighted by molar-refractivity contribution is -0.406. The number of hydrogen-bond donors (Lipinski definition) is 0. The summed E-state index contributed by atoms with van der Waals surface area (Å²) in [6, 6.07) is 10.2. The van der Waals surface area contributed by atoms with Crippen LogP contribution in [0, 0.1) is 5.92 Å². The van der Waals surface area contributed by atoms with Crippen molar-refractivity contribution in [2.45, 2.75) is 50.3 Å². The molecule has 0 bridgehead atoms. The first-order valence-corrected chi connectivity index (χ1v) is 7.35. The molecule has 2 atom stereocenters. The van der Waals surface area contributed by atoms with Crippen LogP contribution < -0.4 is 0 Å². The van der Waals surface area contributed by atoms with E-state index < -0.39 is 0 Å². The van der Waals surface area contributed by atoms with Gasteiger partial charge in [-0.05, 0) is 32.1 Å². The van der Waals surface area contributed by atoms with Crippen LogP contribution in [0.2, 0.25) is 0 Å². The van der Waals surface area contributed by atoms with Crippen LogP contribution in [-0.4, -0.2) is 18.5 Å². The zero-order valence-electron chi connectivity index (χ0n) is 11.1. The standard InChI is InChI=1S/C16H20O3/c1-2-5-12(6-3-1)14-18-15(19-14)13-7-9-16(11-13)8-4-10-17-16/h1-3,5-6,13-15H,4,7-11H2. The maximum Gasteiger partial charge on any atom is 0.189 e. The fraction of sp³-hybridized carbons (Fsp3) is 0.625. The first-order valence-electron chi connectivity index (χ1n) is 7.35. The van der Waals surface area contributed by atoms with Gasteiger partial charge in [-0.2, -0.15) is 0 Å². The summed E-state index contributed by atoms with van der Waals surface area (Å²) in [6.07, 6.45) is 5.72. The quantitative estimate of drug-likeness (QED) is 0.815. The second-order valence-corrected chi connectivity index (χ2v) is 6.02. The molecule has 3 fully saturated rings. The maximum atomic E-state index is 5.95. The van der Waals surface area contributed by atoms with Gasteiger partial charge in [-0.1, -0.05) is 30.3 Å². The van der Waals surface area contributed by atoms with E-state index in [2.05, 4.69) is 12.1 Å². The molecule has 1 aromatic rings. The smallest absolute Gasteiger partial charge is 0.189 e. The Hall–Kier alpha value is -0.900. The highest BCUT2D eigenvalue weighted by atomic mass is 16.9. The molecular formula is C16H20O3. The highest BCUT2D eigenvalue weighted by Crippen LogP contribution is 2.49. The average Bonchev–Trinajstić information content (AvgIpc) is 3.01. The third kappa shape index (κ3) is 2.10. The minimum Gasteiger partial charge on any atom is -0.375 e. The molecule has 3 nitrogen and oxygen atoms in total. The molecule has 2 saturated heterocycles. The summed E-state index contributed by atoms with van der Waals surface area (Å²) in [6.45, 7) is 0.936. The van der Waals surface area contributed by atoms with Crippen LogP contribution in [-0.2, 0) is 14.2 Å². The second kappa shape index (κ2) is 4.58. The molecule has 0 aromatic heterocycles. The van der Waals surface area contributed by atoms with Gasteiger partial charge in [0.1, 0.15) is 0 Å². The van der Waals surface area contributed by atoms with E-state index in [-0.39, 0.29) is 18.2 Å². The third-order valence-corrected chi connectivity index (χ3v) is 4.76. The fourth-order valence-electron chi connectivity index (χ4n) is 3.72. The van der Waals surface area contributed by atoms with Crippen LogP contribution >= 0.6 is 0 Å². The molecule has 1 aliphatic carbocycles. The lowest BCUT2D eigenvalue weighted by Gasteiger charge is -2.40. The lowest BCUT2D eigenvalue weighted by atomic mass is 9.96. The molecule has 2 aliphatic heterocycles. The molecule has 0 N–H and O–H groups in total. The van der Waals surface area contributed by atoms with Gasteiger partial charge in [0.15, 0.2) is 12.6 Å². The van der Waals surface area contributed by atoms with Gasteiger partial charge in [-0.25, -0.2) is 0 Å². The summed E-state index contributed by atoms with van der Waals surface area (Å²) in [4.78, 5) is 0. The van der Waals surface area contributed by atoms with Crippen LogP contribution in [0.25, 0.3) is 0 Å². The van der Waals surface area contributed by atoms with E-state index >= 15 is 0 Å². The van der Waals surface area contributed by atoms with Crippen LogP contribution in [0.15, 0.2) is 30.3 Å². The Bertz CT molecular complexity index is 433. The number of rotatable bonds is 2. The van der Waals surface area contributed by atoms with Gasteiger partial charge in [-0.3, -0.25) is 0 Å². The summed E-state index contributed by atoms with van der Waals surface area (Å²) in [5, 5.41) is 0. The predicted molar refractivity (Wildman–Crippen MR) is 70.4 cm³/mol. The Balaban J connectivity index is 1.35. The molecule has 2 unspecified atom stereocenters. The van der Waals surface area contributed by atoms with E-state index in [4.69, 9.17) is 14.2 Å². The SMILES string of the molecule is c1ccc(C2OC(C3CCC4(CCCO4)C3)O2)cc1. The van der Waals surface area contributed by atoms with E-state index in [0.717, 1.165) is 18.6 Å². The lowest BCUT2D eigenvalue weighted by Crippen LogP contribution is -2.40. The van der Waals surface area contributed by atoms with Crippen LogP contribution in [0.3, 0.4) is 0 Å². The first-order chi connectivity index (χ1) is 9.35. The van der Waals surface area contributed by atoms with Gasteiger partial charge in [0, 0.05) is 18.1 Å². The van der Waals surface area contributed by atoms with E-state index in [1.165, 1.54) is 25.7 Å². The summed E-state index contributed by atoms with van der Waals surface area (Å²) in [5.41, 5.74) is 1.28. The van der Waals surface area contributed by atoms with Crippen LogP contribution in [0.5, 0.6) is 0 Å². The topological polar surface area (TPSA) is 27.7 Å². The monoisotopic (exact) mass is 260 g/mol. The van der Waals surface area contributed by atoms with Crippen molar-refractivity contribution in [2.24, 2.45) is 5.92 Å². The van der Waals surface area contributed by atoms with Gasteiger partial charge >= 0.3 is 0 Å². The molecule has 0 radical (unpaired) electrons. The molecule has 3 aliphatic rings. The minimum absolute atomic E-state index is 0.0196. The zero-order valence-corrected chi connectivity index (χ0v) is 11.1. The van der Waals surface area contributed by atoms with Gasteiger partial charge < -0.3 is 14.2 Å².